The number of benzene rings is 4. The molecule has 0 radical (unpaired) electrons. The second kappa shape index (κ2) is 12.4. The Kier molecular flexibility index (Phi) is 8.67. The molecule has 0 amide bonds. The van der Waals surface area contributed by atoms with E-state index >= 15 is 0 Å². The van der Waals surface area contributed by atoms with Gasteiger partial charge in [-0.3, -0.25) is 0 Å². The molecule has 0 aliphatic rings. The lowest BCUT2D eigenvalue weighted by atomic mass is 10.1. The molecule has 1 aromatic heterocycles. The fourth-order valence-corrected chi connectivity index (χ4v) is 6.60. The number of esters is 1. The van der Waals surface area contributed by atoms with Crippen molar-refractivity contribution in [3.63, 3.8) is 0 Å². The summed E-state index contributed by atoms with van der Waals surface area (Å²) >= 11 is 6.59. The number of carbonyl (C=O) groups is 1. The molecule has 5 aromatic rings. The van der Waals surface area contributed by atoms with E-state index in [2.05, 4.69) is 5.10 Å². The van der Waals surface area contributed by atoms with Gasteiger partial charge in [0, 0.05) is 13.1 Å². The first-order chi connectivity index (χ1) is 20.6. The molecule has 0 aliphatic heterocycles. The first kappa shape index (κ1) is 30.0. The van der Waals surface area contributed by atoms with Gasteiger partial charge in [0.2, 0.25) is 10.0 Å². The van der Waals surface area contributed by atoms with Crippen molar-refractivity contribution in [2.75, 3.05) is 21.3 Å². The SMILES string of the molecule is COC(=O)c1cc(S(=O)(=O)N(Cc2ccc(OC)cc2)Cc2ccc(OC)cc2)c2c(Cl)nn(-c3ccc(F)cc3)c2c1. The fraction of sp³-hybridized carbons (Fsp3) is 0.161. The van der Waals surface area contributed by atoms with E-state index in [1.807, 2.05) is 0 Å². The van der Waals surface area contributed by atoms with Gasteiger partial charge in [-0.25, -0.2) is 22.3 Å². The number of ether oxygens (including phenoxy) is 3. The quantitative estimate of drug-likeness (QED) is 0.176. The van der Waals surface area contributed by atoms with E-state index < -0.39 is 21.8 Å². The summed E-state index contributed by atoms with van der Waals surface area (Å²) in [6.45, 7) is -0.0158. The summed E-state index contributed by atoms with van der Waals surface area (Å²) in [6.07, 6.45) is 0. The molecule has 0 unspecified atom stereocenters. The van der Waals surface area contributed by atoms with Gasteiger partial charge in [0.25, 0.3) is 0 Å². The van der Waals surface area contributed by atoms with Crippen molar-refractivity contribution in [1.82, 2.24) is 14.1 Å². The Morgan fingerprint density at radius 1 is 0.860 bits per heavy atom. The van der Waals surface area contributed by atoms with E-state index in [-0.39, 0.29) is 39.6 Å². The number of nitrogens with zero attached hydrogens (tertiary/aromatic N) is 3. The Morgan fingerprint density at radius 3 is 1.88 bits per heavy atom. The molecule has 0 N–H and O–H groups in total. The molecule has 0 bridgehead atoms. The molecule has 43 heavy (non-hydrogen) atoms. The zero-order chi connectivity index (χ0) is 30.7. The predicted octanol–water partition coefficient (Wildman–Crippen LogP) is 6.01. The molecule has 0 spiro atoms. The molecule has 1 heterocycles. The van der Waals surface area contributed by atoms with Gasteiger partial charge in [-0.05, 0) is 71.8 Å². The average Bonchev–Trinajstić information content (AvgIpc) is 3.36. The number of carbonyl (C=O) groups excluding carboxylic acids is 1. The number of hydrogen-bond donors (Lipinski definition) is 0. The van der Waals surface area contributed by atoms with E-state index in [4.69, 9.17) is 25.8 Å². The maximum atomic E-state index is 14.6. The Balaban J connectivity index is 1.69. The molecule has 222 valence electrons. The molecule has 0 atom stereocenters. The lowest BCUT2D eigenvalue weighted by molar-refractivity contribution is 0.0600. The van der Waals surface area contributed by atoms with Crippen molar-refractivity contribution < 1.29 is 31.8 Å². The number of hydrogen-bond acceptors (Lipinski definition) is 7. The molecule has 4 aromatic carbocycles. The zero-order valence-electron chi connectivity index (χ0n) is 23.5. The van der Waals surface area contributed by atoms with Gasteiger partial charge in [-0.15, -0.1) is 0 Å². The van der Waals surface area contributed by atoms with Crippen LogP contribution >= 0.6 is 11.6 Å². The number of halogens is 2. The number of methoxy groups -OCH3 is 3. The minimum Gasteiger partial charge on any atom is -0.497 e. The normalized spacial score (nSPS) is 11.6. The van der Waals surface area contributed by atoms with Crippen LogP contribution in [0.25, 0.3) is 16.6 Å². The summed E-state index contributed by atoms with van der Waals surface area (Å²) in [6, 6.07) is 22.2. The van der Waals surface area contributed by atoms with Crippen molar-refractivity contribution >= 4 is 38.5 Å². The van der Waals surface area contributed by atoms with Crippen LogP contribution in [0.2, 0.25) is 5.15 Å². The largest absolute Gasteiger partial charge is 0.497 e. The first-order valence-electron chi connectivity index (χ1n) is 13.0. The summed E-state index contributed by atoms with van der Waals surface area (Å²) in [5.74, 6) is 0.0392. The van der Waals surface area contributed by atoms with Gasteiger partial charge in [0.05, 0.1) is 48.4 Å². The molecule has 0 aliphatic carbocycles. The smallest absolute Gasteiger partial charge is 0.337 e. The summed E-state index contributed by atoms with van der Waals surface area (Å²) < 4.78 is 60.9. The molecule has 0 saturated heterocycles. The maximum absolute atomic E-state index is 14.6. The second-order valence-corrected chi connectivity index (χ2v) is 11.8. The van der Waals surface area contributed by atoms with E-state index in [1.54, 1.807) is 62.8 Å². The zero-order valence-corrected chi connectivity index (χ0v) is 25.0. The standard InChI is InChI=1S/C31H27ClFN3O6S/c1-40-25-12-4-20(5-13-25)18-35(19-21-6-14-26(41-2)15-7-21)43(38,39)28-17-22(31(37)42-3)16-27-29(28)30(32)34-36(27)24-10-8-23(33)9-11-24/h4-17H,18-19H2,1-3H3. The predicted molar refractivity (Wildman–Crippen MR) is 160 cm³/mol. The highest BCUT2D eigenvalue weighted by molar-refractivity contribution is 7.89. The molecular formula is C31H27ClFN3O6S. The van der Waals surface area contributed by atoms with E-state index in [0.717, 1.165) is 0 Å². The Labute approximate surface area is 253 Å². The van der Waals surface area contributed by atoms with Gasteiger partial charge in [0.15, 0.2) is 5.15 Å². The third-order valence-electron chi connectivity index (χ3n) is 6.85. The van der Waals surface area contributed by atoms with Crippen LogP contribution in [0.5, 0.6) is 11.5 Å². The van der Waals surface area contributed by atoms with Crippen LogP contribution in [-0.2, 0) is 27.8 Å². The van der Waals surface area contributed by atoms with Crippen molar-refractivity contribution in [2.45, 2.75) is 18.0 Å². The highest BCUT2D eigenvalue weighted by Gasteiger charge is 2.31. The highest BCUT2D eigenvalue weighted by atomic mass is 35.5. The van der Waals surface area contributed by atoms with Crippen LogP contribution in [0.15, 0.2) is 89.8 Å². The Bertz CT molecular complexity index is 1830. The van der Waals surface area contributed by atoms with Gasteiger partial charge < -0.3 is 14.2 Å². The number of sulfonamides is 1. The van der Waals surface area contributed by atoms with Crippen LogP contribution in [0, 0.1) is 5.82 Å². The van der Waals surface area contributed by atoms with Crippen LogP contribution in [0.1, 0.15) is 21.5 Å². The lowest BCUT2D eigenvalue weighted by Gasteiger charge is -2.24. The van der Waals surface area contributed by atoms with Crippen molar-refractivity contribution in [3.8, 4) is 17.2 Å². The molecule has 12 heteroatoms. The van der Waals surface area contributed by atoms with Gasteiger partial charge >= 0.3 is 5.97 Å². The highest BCUT2D eigenvalue weighted by Crippen LogP contribution is 2.36. The number of aromatic nitrogens is 2. The van der Waals surface area contributed by atoms with Crippen LogP contribution in [0.4, 0.5) is 4.39 Å². The van der Waals surface area contributed by atoms with Crippen molar-refractivity contribution in [2.24, 2.45) is 0 Å². The fourth-order valence-electron chi connectivity index (χ4n) is 4.62. The molecule has 0 saturated carbocycles. The number of rotatable bonds is 10. The van der Waals surface area contributed by atoms with Crippen molar-refractivity contribution in [1.29, 1.82) is 0 Å². The lowest BCUT2D eigenvalue weighted by Crippen LogP contribution is -2.30. The average molecular weight is 624 g/mol. The Morgan fingerprint density at radius 2 is 1.40 bits per heavy atom. The maximum Gasteiger partial charge on any atom is 0.337 e. The van der Waals surface area contributed by atoms with E-state index in [0.29, 0.717) is 28.3 Å². The summed E-state index contributed by atoms with van der Waals surface area (Å²) in [5.41, 5.74) is 2.02. The minimum absolute atomic E-state index is 0.00792. The Hall–Kier alpha value is -4.45. The van der Waals surface area contributed by atoms with Gasteiger partial charge in [-0.2, -0.15) is 9.40 Å². The van der Waals surface area contributed by atoms with Crippen molar-refractivity contribution in [3.05, 3.63) is 113 Å². The summed E-state index contributed by atoms with van der Waals surface area (Å²) in [5, 5.41) is 4.35. The third kappa shape index (κ3) is 6.19. The number of fused-ring (bicyclic) bond motifs is 1. The molecule has 5 rings (SSSR count). The van der Waals surface area contributed by atoms with Crippen LogP contribution < -0.4 is 9.47 Å². The van der Waals surface area contributed by atoms with Crippen LogP contribution in [0.3, 0.4) is 0 Å². The first-order valence-corrected chi connectivity index (χ1v) is 14.8. The van der Waals surface area contributed by atoms with Gasteiger partial charge in [-0.1, -0.05) is 35.9 Å². The second-order valence-electron chi connectivity index (χ2n) is 9.51. The van der Waals surface area contributed by atoms with E-state index in [1.165, 1.54) is 52.5 Å². The topological polar surface area (TPSA) is 100.0 Å². The third-order valence-corrected chi connectivity index (χ3v) is 8.93. The molecule has 9 nitrogen and oxygen atoms in total. The summed E-state index contributed by atoms with van der Waals surface area (Å²) in [4.78, 5) is 12.5. The monoisotopic (exact) mass is 623 g/mol. The van der Waals surface area contributed by atoms with Crippen LogP contribution in [-0.4, -0.2) is 49.8 Å². The molecular weight excluding hydrogens is 597 g/mol. The van der Waals surface area contributed by atoms with Gasteiger partial charge in [0.1, 0.15) is 17.3 Å². The van der Waals surface area contributed by atoms with E-state index in [9.17, 15) is 17.6 Å². The minimum atomic E-state index is -4.35. The molecule has 0 fully saturated rings. The summed E-state index contributed by atoms with van der Waals surface area (Å²) in [7, 11) is -0.0605.